The number of hydrogen-bond acceptors (Lipinski definition) is 1. The fourth-order valence-electron chi connectivity index (χ4n) is 3.07. The van der Waals surface area contributed by atoms with Crippen molar-refractivity contribution >= 4 is 34.0 Å². The van der Waals surface area contributed by atoms with Crippen molar-refractivity contribution in [3.05, 3.63) is 96.1 Å². The van der Waals surface area contributed by atoms with E-state index in [9.17, 15) is 0 Å². The Morgan fingerprint density at radius 2 is 1.22 bits per heavy atom. The molecular formula is C24H21ClN2. The molecule has 0 saturated carbocycles. The monoisotopic (exact) mass is 372 g/mol. The summed E-state index contributed by atoms with van der Waals surface area (Å²) in [7, 11) is 0. The van der Waals surface area contributed by atoms with E-state index in [4.69, 9.17) is 0 Å². The van der Waals surface area contributed by atoms with Crippen molar-refractivity contribution in [2.24, 2.45) is 4.99 Å². The highest BCUT2D eigenvalue weighted by Gasteiger charge is 1.96. The molecule has 0 aliphatic rings. The Hall–Kier alpha value is -2.97. The number of nitrogens with one attached hydrogen (secondary N) is 1. The Bertz CT molecular complexity index is 1010. The van der Waals surface area contributed by atoms with Crippen LogP contribution in [0.25, 0.3) is 21.5 Å². The summed E-state index contributed by atoms with van der Waals surface area (Å²) in [6.45, 7) is 1.56. The third kappa shape index (κ3) is 4.81. The van der Waals surface area contributed by atoms with Gasteiger partial charge in [-0.05, 0) is 45.3 Å². The highest BCUT2D eigenvalue weighted by molar-refractivity contribution is 5.90. The summed E-state index contributed by atoms with van der Waals surface area (Å²) >= 11 is 0. The number of aliphatic imine (C=N–C) groups is 1. The first-order chi connectivity index (χ1) is 12.9. The summed E-state index contributed by atoms with van der Waals surface area (Å²) in [4.78, 5) is 7.87. The molecule has 4 rings (SSSR count). The first-order valence-corrected chi connectivity index (χ1v) is 8.92. The van der Waals surface area contributed by atoms with Gasteiger partial charge in [0, 0.05) is 11.8 Å². The molecule has 0 aliphatic heterocycles. The molecule has 134 valence electrons. The zero-order chi connectivity index (χ0) is 17.6. The molecule has 4 aromatic carbocycles. The molecule has 27 heavy (non-hydrogen) atoms. The van der Waals surface area contributed by atoms with Gasteiger partial charge in [-0.1, -0.05) is 66.7 Å². The van der Waals surface area contributed by atoms with Crippen LogP contribution in [0.2, 0.25) is 0 Å². The number of rotatable bonds is 5. The molecule has 0 heterocycles. The smallest absolute Gasteiger partial charge is 0.169 e. The fourth-order valence-corrected chi connectivity index (χ4v) is 3.07. The Morgan fingerprint density at radius 1 is 0.667 bits per heavy atom. The van der Waals surface area contributed by atoms with E-state index in [1.165, 1.54) is 27.1 Å². The van der Waals surface area contributed by atoms with E-state index in [1.807, 2.05) is 6.21 Å². The fraction of sp³-hybridized carbons (Fsp3) is 0.0833. The summed E-state index contributed by atoms with van der Waals surface area (Å²) in [5.41, 5.74) is 2.32. The van der Waals surface area contributed by atoms with E-state index in [1.54, 1.807) is 0 Å². The molecule has 1 N–H and O–H groups in total. The highest BCUT2D eigenvalue weighted by atomic mass is 35.5. The maximum atomic E-state index is 4.52. The first-order valence-electron chi connectivity index (χ1n) is 8.92. The summed E-state index contributed by atoms with van der Waals surface area (Å²) in [5.74, 6) is 0. The summed E-state index contributed by atoms with van der Waals surface area (Å²) in [6.07, 6.45) is 4.00. The zero-order valence-corrected chi connectivity index (χ0v) is 15.7. The van der Waals surface area contributed by atoms with Crippen molar-refractivity contribution in [1.82, 2.24) is 0 Å². The lowest BCUT2D eigenvalue weighted by atomic mass is 10.1. The largest absolute Gasteiger partial charge is 1.00 e. The van der Waals surface area contributed by atoms with Crippen LogP contribution in [-0.4, -0.2) is 25.5 Å². The van der Waals surface area contributed by atoms with Gasteiger partial charge in [0.05, 0.1) is 6.54 Å². The van der Waals surface area contributed by atoms with Crippen LogP contribution in [0.5, 0.6) is 0 Å². The molecule has 4 aromatic rings. The second-order valence-corrected chi connectivity index (χ2v) is 6.35. The van der Waals surface area contributed by atoms with Crippen molar-refractivity contribution in [1.29, 1.82) is 0 Å². The van der Waals surface area contributed by atoms with Crippen molar-refractivity contribution in [3.8, 4) is 0 Å². The number of nitrogens with zero attached hydrogens (tertiary/aromatic N) is 1. The van der Waals surface area contributed by atoms with Gasteiger partial charge in [0.25, 0.3) is 0 Å². The predicted molar refractivity (Wildman–Crippen MR) is 111 cm³/mol. The lowest BCUT2D eigenvalue weighted by Gasteiger charge is -1.98. The van der Waals surface area contributed by atoms with E-state index in [2.05, 4.69) is 101 Å². The normalized spacial score (nSPS) is 11.4. The average molecular weight is 373 g/mol. The van der Waals surface area contributed by atoms with Crippen molar-refractivity contribution in [3.63, 3.8) is 0 Å². The van der Waals surface area contributed by atoms with Crippen molar-refractivity contribution in [2.45, 2.75) is 0 Å². The van der Waals surface area contributed by atoms with E-state index < -0.39 is 0 Å². The van der Waals surface area contributed by atoms with Crippen molar-refractivity contribution < 1.29 is 17.4 Å². The third-order valence-electron chi connectivity index (χ3n) is 4.44. The minimum atomic E-state index is 0. The van der Waals surface area contributed by atoms with Gasteiger partial charge in [0.1, 0.15) is 0 Å². The minimum Gasteiger partial charge on any atom is -1.00 e. The molecule has 0 spiro atoms. The SMILES string of the molecule is C(=NCC[NH+]=Cc1ccc2ccccc2c1)c1ccc2ccccc2c1.[Cl-]. The van der Waals surface area contributed by atoms with Gasteiger partial charge in [-0.3, -0.25) is 4.99 Å². The lowest BCUT2D eigenvalue weighted by Crippen LogP contribution is -3.00. The molecule has 0 aromatic heterocycles. The van der Waals surface area contributed by atoms with Gasteiger partial charge in [-0.15, -0.1) is 0 Å². The number of halogens is 1. The van der Waals surface area contributed by atoms with Crippen LogP contribution in [0.3, 0.4) is 0 Å². The predicted octanol–water partition coefficient (Wildman–Crippen LogP) is 0.616. The Kier molecular flexibility index (Phi) is 6.35. The topological polar surface area (TPSA) is 26.3 Å². The number of fused-ring (bicyclic) bond motifs is 2. The second kappa shape index (κ2) is 9.11. The number of benzene rings is 4. The van der Waals surface area contributed by atoms with Gasteiger partial charge in [0.15, 0.2) is 12.8 Å². The molecule has 0 atom stereocenters. The van der Waals surface area contributed by atoms with Crippen LogP contribution in [0.15, 0.2) is 89.9 Å². The van der Waals surface area contributed by atoms with Gasteiger partial charge in [-0.25, -0.2) is 4.99 Å². The zero-order valence-electron chi connectivity index (χ0n) is 15.0. The van der Waals surface area contributed by atoms with E-state index in [-0.39, 0.29) is 12.4 Å². The van der Waals surface area contributed by atoms with Crippen LogP contribution in [0.4, 0.5) is 0 Å². The quantitative estimate of drug-likeness (QED) is 0.392. The maximum absolute atomic E-state index is 4.52. The maximum Gasteiger partial charge on any atom is 0.169 e. The van der Waals surface area contributed by atoms with Crippen LogP contribution >= 0.6 is 0 Å². The van der Waals surface area contributed by atoms with E-state index >= 15 is 0 Å². The van der Waals surface area contributed by atoms with Crippen LogP contribution in [-0.2, 0) is 0 Å². The summed E-state index contributed by atoms with van der Waals surface area (Å²) in [6, 6.07) is 29.7. The summed E-state index contributed by atoms with van der Waals surface area (Å²) in [5, 5.41) is 5.04. The molecule has 3 heteroatoms. The van der Waals surface area contributed by atoms with Crippen LogP contribution in [0.1, 0.15) is 11.1 Å². The van der Waals surface area contributed by atoms with Crippen LogP contribution < -0.4 is 17.4 Å². The molecule has 0 unspecified atom stereocenters. The molecule has 0 saturated heterocycles. The molecule has 0 amide bonds. The number of hydrogen-bond donors (Lipinski definition) is 1. The average Bonchev–Trinajstić information content (AvgIpc) is 2.70. The van der Waals surface area contributed by atoms with Crippen LogP contribution in [0, 0.1) is 0 Å². The molecule has 0 bridgehead atoms. The molecule has 0 radical (unpaired) electrons. The second-order valence-electron chi connectivity index (χ2n) is 6.35. The first kappa shape index (κ1) is 18.8. The van der Waals surface area contributed by atoms with Crippen molar-refractivity contribution in [2.75, 3.05) is 13.1 Å². The molecule has 0 aliphatic carbocycles. The van der Waals surface area contributed by atoms with E-state index in [0.29, 0.717) is 0 Å². The molecule has 2 nitrogen and oxygen atoms in total. The molecular weight excluding hydrogens is 352 g/mol. The minimum absolute atomic E-state index is 0. The summed E-state index contributed by atoms with van der Waals surface area (Å²) < 4.78 is 0. The Labute approximate surface area is 165 Å². The third-order valence-corrected chi connectivity index (χ3v) is 4.44. The highest BCUT2D eigenvalue weighted by Crippen LogP contribution is 2.15. The van der Waals surface area contributed by atoms with Gasteiger partial charge in [0.2, 0.25) is 0 Å². The Morgan fingerprint density at radius 3 is 1.89 bits per heavy atom. The van der Waals surface area contributed by atoms with Gasteiger partial charge < -0.3 is 12.4 Å². The molecule has 0 fully saturated rings. The van der Waals surface area contributed by atoms with Gasteiger partial charge in [-0.2, -0.15) is 0 Å². The lowest BCUT2D eigenvalue weighted by molar-refractivity contribution is -0.447. The van der Waals surface area contributed by atoms with Gasteiger partial charge >= 0.3 is 0 Å². The van der Waals surface area contributed by atoms with E-state index in [0.717, 1.165) is 18.7 Å². The Balaban J connectivity index is 0.00000210. The standard InChI is InChI=1S/C24H20N2.ClH/c1-3-7-23-15-19(9-11-21(23)5-1)17-25-13-14-26-18-20-10-12-22-6-2-4-8-24(22)16-20;/h1-12,15-18H,13-14H2;1H.